The van der Waals surface area contributed by atoms with Gasteiger partial charge in [0.25, 0.3) is 5.91 Å². The number of fused-ring (bicyclic) bond motifs is 1. The van der Waals surface area contributed by atoms with Gasteiger partial charge in [-0.25, -0.2) is 9.97 Å². The van der Waals surface area contributed by atoms with Crippen LogP contribution in [0, 0.1) is 13.8 Å². The van der Waals surface area contributed by atoms with Gasteiger partial charge in [-0.2, -0.15) is 0 Å². The standard InChI is InChI=1S/C23H21N3O2/c1-14-3-7-16(8-4-14)18-11-20-19(21(27)12-18)13-24-23(25-20)26-22(28)17-9-5-15(2)6-10-17/h3-10,13,18H,11-12H2,1-2H3,(H,24,25,26,28)/t18-/m1/s1. The summed E-state index contributed by atoms with van der Waals surface area (Å²) in [4.78, 5) is 33.6. The Morgan fingerprint density at radius 1 is 0.964 bits per heavy atom. The first-order chi connectivity index (χ1) is 13.5. The highest BCUT2D eigenvalue weighted by Gasteiger charge is 2.28. The molecule has 0 aliphatic heterocycles. The van der Waals surface area contributed by atoms with E-state index in [4.69, 9.17) is 0 Å². The van der Waals surface area contributed by atoms with Gasteiger partial charge in [-0.05, 0) is 43.9 Å². The van der Waals surface area contributed by atoms with Crippen molar-refractivity contribution in [3.8, 4) is 0 Å². The molecule has 3 aromatic rings. The summed E-state index contributed by atoms with van der Waals surface area (Å²) >= 11 is 0. The molecule has 5 nitrogen and oxygen atoms in total. The number of aryl methyl sites for hydroxylation is 2. The van der Waals surface area contributed by atoms with E-state index in [9.17, 15) is 9.59 Å². The van der Waals surface area contributed by atoms with Crippen LogP contribution in [-0.2, 0) is 6.42 Å². The normalized spacial score (nSPS) is 15.8. The van der Waals surface area contributed by atoms with Crippen molar-refractivity contribution >= 4 is 17.6 Å². The molecule has 1 aliphatic carbocycles. The Balaban J connectivity index is 1.56. The molecular formula is C23H21N3O2. The van der Waals surface area contributed by atoms with E-state index >= 15 is 0 Å². The molecule has 140 valence electrons. The van der Waals surface area contributed by atoms with Gasteiger partial charge in [-0.15, -0.1) is 0 Å². The first kappa shape index (κ1) is 18.0. The number of anilines is 1. The predicted octanol–water partition coefficient (Wildman–Crippen LogP) is 4.26. The number of aromatic nitrogens is 2. The zero-order valence-corrected chi connectivity index (χ0v) is 15.9. The van der Waals surface area contributed by atoms with Gasteiger partial charge in [-0.3, -0.25) is 14.9 Å². The van der Waals surface area contributed by atoms with Gasteiger partial charge in [0.15, 0.2) is 5.78 Å². The van der Waals surface area contributed by atoms with Crippen LogP contribution >= 0.6 is 0 Å². The molecule has 4 rings (SSSR count). The first-order valence-electron chi connectivity index (χ1n) is 9.33. The summed E-state index contributed by atoms with van der Waals surface area (Å²) in [6.07, 6.45) is 2.63. The lowest BCUT2D eigenvalue weighted by atomic mass is 9.82. The van der Waals surface area contributed by atoms with E-state index in [1.165, 1.54) is 11.8 Å². The highest BCUT2D eigenvalue weighted by molar-refractivity contribution is 6.03. The fraction of sp³-hybridized carbons (Fsp3) is 0.217. The average Bonchev–Trinajstić information content (AvgIpc) is 2.68. The minimum atomic E-state index is -0.267. The Morgan fingerprint density at radius 2 is 1.61 bits per heavy atom. The lowest BCUT2D eigenvalue weighted by Crippen LogP contribution is -2.22. The number of ketones is 1. The van der Waals surface area contributed by atoms with Crippen LogP contribution in [0.4, 0.5) is 5.95 Å². The molecule has 0 fully saturated rings. The molecule has 0 unspecified atom stereocenters. The van der Waals surface area contributed by atoms with E-state index < -0.39 is 0 Å². The van der Waals surface area contributed by atoms with Crippen molar-refractivity contribution in [2.75, 3.05) is 5.32 Å². The van der Waals surface area contributed by atoms with Crippen LogP contribution in [0.15, 0.2) is 54.7 Å². The first-order valence-corrected chi connectivity index (χ1v) is 9.33. The SMILES string of the molecule is Cc1ccc(C(=O)Nc2ncc3c(n2)C[C@@H](c2ccc(C)cc2)CC3=O)cc1. The molecule has 2 aromatic carbocycles. The third kappa shape index (κ3) is 3.69. The van der Waals surface area contributed by atoms with Crippen LogP contribution in [0.3, 0.4) is 0 Å². The van der Waals surface area contributed by atoms with Gasteiger partial charge >= 0.3 is 0 Å². The number of hydrogen-bond donors (Lipinski definition) is 1. The Bertz CT molecular complexity index is 1040. The summed E-state index contributed by atoms with van der Waals surface area (Å²) in [5.41, 5.74) is 5.19. The molecule has 0 bridgehead atoms. The predicted molar refractivity (Wildman–Crippen MR) is 108 cm³/mol. The number of amides is 1. The zero-order chi connectivity index (χ0) is 19.7. The summed E-state index contributed by atoms with van der Waals surface area (Å²) in [5.74, 6) is 0.0956. The minimum Gasteiger partial charge on any atom is -0.294 e. The summed E-state index contributed by atoms with van der Waals surface area (Å²) in [5, 5.41) is 2.73. The van der Waals surface area contributed by atoms with Gasteiger partial charge < -0.3 is 0 Å². The molecule has 0 spiro atoms. The van der Waals surface area contributed by atoms with Crippen LogP contribution in [0.1, 0.15) is 55.4 Å². The maximum Gasteiger partial charge on any atom is 0.258 e. The number of benzene rings is 2. The van der Waals surface area contributed by atoms with Crippen molar-refractivity contribution in [1.29, 1.82) is 0 Å². The van der Waals surface area contributed by atoms with Crippen LogP contribution in [0.5, 0.6) is 0 Å². The number of Topliss-reactive ketones (excluding diaryl/α,β-unsaturated/α-hetero) is 1. The Morgan fingerprint density at radius 3 is 2.29 bits per heavy atom. The molecule has 0 saturated carbocycles. The Labute approximate surface area is 163 Å². The minimum absolute atomic E-state index is 0.0447. The van der Waals surface area contributed by atoms with Crippen molar-refractivity contribution in [2.45, 2.75) is 32.6 Å². The molecule has 5 heteroatoms. The lowest BCUT2D eigenvalue weighted by molar-refractivity contribution is 0.0962. The topological polar surface area (TPSA) is 72.0 Å². The van der Waals surface area contributed by atoms with Crippen molar-refractivity contribution in [3.05, 3.63) is 88.2 Å². The molecule has 1 aromatic heterocycles. The van der Waals surface area contributed by atoms with E-state index in [1.54, 1.807) is 12.1 Å². The zero-order valence-electron chi connectivity index (χ0n) is 15.9. The smallest absolute Gasteiger partial charge is 0.258 e. The maximum absolute atomic E-state index is 12.6. The molecule has 0 radical (unpaired) electrons. The van der Waals surface area contributed by atoms with E-state index in [2.05, 4.69) is 39.6 Å². The van der Waals surface area contributed by atoms with E-state index in [1.807, 2.05) is 26.0 Å². The molecule has 28 heavy (non-hydrogen) atoms. The quantitative estimate of drug-likeness (QED) is 0.747. The highest BCUT2D eigenvalue weighted by atomic mass is 16.1. The summed E-state index contributed by atoms with van der Waals surface area (Å²) in [6.45, 7) is 4.01. The maximum atomic E-state index is 12.6. The molecule has 1 N–H and O–H groups in total. The van der Waals surface area contributed by atoms with Gasteiger partial charge in [-0.1, -0.05) is 47.5 Å². The molecule has 1 heterocycles. The molecular weight excluding hydrogens is 350 g/mol. The van der Waals surface area contributed by atoms with Gasteiger partial charge in [0.2, 0.25) is 5.95 Å². The van der Waals surface area contributed by atoms with E-state index in [0.29, 0.717) is 29.7 Å². The number of carbonyl (C=O) groups is 2. The largest absolute Gasteiger partial charge is 0.294 e. The second kappa shape index (κ2) is 7.35. The van der Waals surface area contributed by atoms with Crippen molar-refractivity contribution < 1.29 is 9.59 Å². The third-order valence-corrected chi connectivity index (χ3v) is 5.13. The Kier molecular flexibility index (Phi) is 4.74. The number of nitrogens with zero attached hydrogens (tertiary/aromatic N) is 2. The lowest BCUT2D eigenvalue weighted by Gasteiger charge is -2.23. The van der Waals surface area contributed by atoms with Gasteiger partial charge in [0.05, 0.1) is 11.3 Å². The second-order valence-electron chi connectivity index (χ2n) is 7.31. The number of carbonyl (C=O) groups excluding carboxylic acids is 2. The van der Waals surface area contributed by atoms with Crippen LogP contribution < -0.4 is 5.32 Å². The van der Waals surface area contributed by atoms with Crippen molar-refractivity contribution in [3.63, 3.8) is 0 Å². The molecule has 1 aliphatic rings. The number of hydrogen-bond acceptors (Lipinski definition) is 4. The van der Waals surface area contributed by atoms with Crippen LogP contribution in [0.25, 0.3) is 0 Å². The fourth-order valence-corrected chi connectivity index (χ4v) is 3.46. The van der Waals surface area contributed by atoms with Crippen molar-refractivity contribution in [2.24, 2.45) is 0 Å². The number of nitrogens with one attached hydrogen (secondary N) is 1. The molecule has 0 saturated heterocycles. The molecule has 1 amide bonds. The summed E-state index contributed by atoms with van der Waals surface area (Å²) < 4.78 is 0. The highest BCUT2D eigenvalue weighted by Crippen LogP contribution is 2.32. The number of rotatable bonds is 3. The van der Waals surface area contributed by atoms with E-state index in [-0.39, 0.29) is 23.6 Å². The van der Waals surface area contributed by atoms with Gasteiger partial charge in [0, 0.05) is 18.2 Å². The second-order valence-corrected chi connectivity index (χ2v) is 7.31. The average molecular weight is 371 g/mol. The third-order valence-electron chi connectivity index (χ3n) is 5.13. The molecule has 1 atom stereocenters. The van der Waals surface area contributed by atoms with Crippen LogP contribution in [0.2, 0.25) is 0 Å². The monoisotopic (exact) mass is 371 g/mol. The Hall–Kier alpha value is -3.34. The van der Waals surface area contributed by atoms with Gasteiger partial charge in [0.1, 0.15) is 0 Å². The van der Waals surface area contributed by atoms with Crippen LogP contribution in [-0.4, -0.2) is 21.7 Å². The van der Waals surface area contributed by atoms with Crippen molar-refractivity contribution in [1.82, 2.24) is 9.97 Å². The van der Waals surface area contributed by atoms with E-state index in [0.717, 1.165) is 11.1 Å². The summed E-state index contributed by atoms with van der Waals surface area (Å²) in [6, 6.07) is 15.5. The summed E-state index contributed by atoms with van der Waals surface area (Å²) in [7, 11) is 0. The fourth-order valence-electron chi connectivity index (χ4n) is 3.46.